The average Bonchev–Trinajstić information content (AvgIpc) is 3.75. The number of nitrogens with zero attached hydrogens (tertiary/aromatic N) is 4. The largest absolute Gasteiger partial charge is 0.364 e. The van der Waals surface area contributed by atoms with E-state index in [2.05, 4.69) is 37.8 Å². The third kappa shape index (κ3) is 4.33. The van der Waals surface area contributed by atoms with Gasteiger partial charge in [-0.05, 0) is 60.4 Å². The van der Waals surface area contributed by atoms with Gasteiger partial charge in [0.15, 0.2) is 0 Å². The number of rotatable bonds is 7. The van der Waals surface area contributed by atoms with Crippen LogP contribution in [0.15, 0.2) is 55.0 Å². The molecule has 1 amide bonds. The molecule has 7 nitrogen and oxygen atoms in total. The van der Waals surface area contributed by atoms with Gasteiger partial charge in [-0.1, -0.05) is 41.4 Å². The second kappa shape index (κ2) is 8.56. The second-order valence-corrected chi connectivity index (χ2v) is 9.74. The molecule has 0 spiro atoms. The Balaban J connectivity index is 1.10. The number of anilines is 2. The maximum absolute atomic E-state index is 12.7. The van der Waals surface area contributed by atoms with Gasteiger partial charge in [-0.25, -0.2) is 15.0 Å². The van der Waals surface area contributed by atoms with Crippen LogP contribution in [0.25, 0.3) is 5.65 Å². The lowest BCUT2D eigenvalue weighted by Crippen LogP contribution is -2.16. The number of aromatic nitrogens is 4. The highest BCUT2D eigenvalue weighted by atomic mass is 35.5. The molecule has 3 heterocycles. The van der Waals surface area contributed by atoms with E-state index in [1.165, 1.54) is 24.7 Å². The second-order valence-electron chi connectivity index (χ2n) is 8.95. The fourth-order valence-corrected chi connectivity index (χ4v) is 4.80. The first kappa shape index (κ1) is 21.4. The molecule has 9 heteroatoms. The zero-order chi connectivity index (χ0) is 23.2. The summed E-state index contributed by atoms with van der Waals surface area (Å²) in [5.74, 6) is 1.74. The van der Waals surface area contributed by atoms with Crippen LogP contribution < -0.4 is 10.6 Å². The van der Waals surface area contributed by atoms with Gasteiger partial charge < -0.3 is 10.6 Å². The molecule has 172 valence electrons. The van der Waals surface area contributed by atoms with E-state index < -0.39 is 0 Å². The van der Waals surface area contributed by atoms with E-state index in [9.17, 15) is 4.79 Å². The molecule has 3 aromatic heterocycles. The van der Waals surface area contributed by atoms with Crippen LogP contribution in [0.4, 0.5) is 11.6 Å². The number of carbonyl (C=O) groups is 1. The van der Waals surface area contributed by atoms with Crippen molar-refractivity contribution in [2.75, 3.05) is 10.6 Å². The van der Waals surface area contributed by atoms with E-state index in [-0.39, 0.29) is 17.7 Å². The zero-order valence-corrected chi connectivity index (χ0v) is 19.7. The molecule has 2 aliphatic rings. The lowest BCUT2D eigenvalue weighted by atomic mass is 10.1. The Morgan fingerprint density at radius 2 is 1.91 bits per heavy atom. The Morgan fingerprint density at radius 3 is 2.74 bits per heavy atom. The number of pyridine rings is 1. The number of halogens is 2. The van der Waals surface area contributed by atoms with E-state index in [0.717, 1.165) is 23.3 Å². The summed E-state index contributed by atoms with van der Waals surface area (Å²) in [7, 11) is 0. The van der Waals surface area contributed by atoms with Crippen LogP contribution >= 0.6 is 23.2 Å². The smallest absolute Gasteiger partial charge is 0.229 e. The van der Waals surface area contributed by atoms with Crippen molar-refractivity contribution in [3.8, 4) is 0 Å². The number of nitrogens with one attached hydrogen (secondary N) is 2. The van der Waals surface area contributed by atoms with Gasteiger partial charge >= 0.3 is 0 Å². The van der Waals surface area contributed by atoms with Crippen LogP contribution in [0.2, 0.25) is 10.2 Å². The standard InChI is InChI=1S/C25H22Cl2N6O/c26-17-3-1-2-15(8-17)18-9-19(18)25(34)32-22-10-21(29-13-30-22)28-11-20-24(27)33-12-16(14-4-5-14)6-7-23(33)31-20/h1-3,6-8,10,12-14,18-19H,4-5,9,11H2,(H2,28,29,30,32,34). The SMILES string of the molecule is O=C(Nc1cc(NCc2nc3ccc(C4CC4)cn3c2Cl)ncn1)C1CC1c1cccc(Cl)c1. The summed E-state index contributed by atoms with van der Waals surface area (Å²) in [6.07, 6.45) is 6.78. The summed E-state index contributed by atoms with van der Waals surface area (Å²) in [6.45, 7) is 0.406. The van der Waals surface area contributed by atoms with E-state index in [0.29, 0.717) is 34.3 Å². The normalized spacial score (nSPS) is 19.2. The molecular weight excluding hydrogens is 471 g/mol. The van der Waals surface area contributed by atoms with Gasteiger partial charge in [0, 0.05) is 23.2 Å². The predicted molar refractivity (Wildman–Crippen MR) is 132 cm³/mol. The molecule has 1 aromatic carbocycles. The molecule has 0 aliphatic heterocycles. The minimum atomic E-state index is -0.0813. The summed E-state index contributed by atoms with van der Waals surface area (Å²) in [6, 6.07) is 13.5. The highest BCUT2D eigenvalue weighted by Gasteiger charge is 2.44. The topological polar surface area (TPSA) is 84.2 Å². The molecular formula is C25H22Cl2N6O. The number of amides is 1. The highest BCUT2D eigenvalue weighted by molar-refractivity contribution is 6.30. The summed E-state index contributed by atoms with van der Waals surface area (Å²) < 4.78 is 1.93. The number of benzene rings is 1. The van der Waals surface area contributed by atoms with Crippen molar-refractivity contribution in [3.05, 3.63) is 82.0 Å². The third-order valence-corrected chi connectivity index (χ3v) is 7.09. The van der Waals surface area contributed by atoms with Crippen LogP contribution in [-0.2, 0) is 11.3 Å². The first-order chi connectivity index (χ1) is 16.5. The van der Waals surface area contributed by atoms with Crippen molar-refractivity contribution >= 4 is 46.4 Å². The fourth-order valence-electron chi connectivity index (χ4n) is 4.36. The molecule has 2 N–H and O–H groups in total. The number of hydrogen-bond donors (Lipinski definition) is 2. The maximum atomic E-state index is 12.7. The maximum Gasteiger partial charge on any atom is 0.229 e. The van der Waals surface area contributed by atoms with Crippen molar-refractivity contribution in [2.24, 2.45) is 5.92 Å². The van der Waals surface area contributed by atoms with Gasteiger partial charge in [-0.15, -0.1) is 0 Å². The molecule has 34 heavy (non-hydrogen) atoms. The van der Waals surface area contributed by atoms with Crippen molar-refractivity contribution in [2.45, 2.75) is 37.6 Å². The first-order valence-electron chi connectivity index (χ1n) is 11.3. The Bertz CT molecular complexity index is 1400. The first-order valence-corrected chi connectivity index (χ1v) is 12.1. The molecule has 0 bridgehead atoms. The summed E-state index contributed by atoms with van der Waals surface area (Å²) in [4.78, 5) is 25.8. The molecule has 2 saturated carbocycles. The summed E-state index contributed by atoms with van der Waals surface area (Å²) in [5, 5.41) is 7.41. The molecule has 0 saturated heterocycles. The fraction of sp³-hybridized carbons (Fsp3) is 0.280. The van der Waals surface area contributed by atoms with Gasteiger partial charge in [-0.3, -0.25) is 9.20 Å². The molecule has 2 unspecified atom stereocenters. The molecule has 0 radical (unpaired) electrons. The predicted octanol–water partition coefficient (Wildman–Crippen LogP) is 5.66. The Labute approximate surface area is 206 Å². The van der Waals surface area contributed by atoms with Crippen molar-refractivity contribution < 1.29 is 4.79 Å². The average molecular weight is 493 g/mol. The molecule has 2 atom stereocenters. The Morgan fingerprint density at radius 1 is 1.06 bits per heavy atom. The minimum absolute atomic E-state index is 0.0514. The van der Waals surface area contributed by atoms with E-state index in [1.54, 1.807) is 6.07 Å². The zero-order valence-electron chi connectivity index (χ0n) is 18.2. The molecule has 2 aliphatic carbocycles. The highest BCUT2D eigenvalue weighted by Crippen LogP contribution is 2.48. The van der Waals surface area contributed by atoms with Crippen molar-refractivity contribution in [3.63, 3.8) is 0 Å². The van der Waals surface area contributed by atoms with Crippen molar-refractivity contribution in [1.29, 1.82) is 0 Å². The monoisotopic (exact) mass is 492 g/mol. The molecule has 2 fully saturated rings. The van der Waals surface area contributed by atoms with Crippen LogP contribution in [-0.4, -0.2) is 25.3 Å². The summed E-state index contributed by atoms with van der Waals surface area (Å²) in [5.41, 5.74) is 3.95. The van der Waals surface area contributed by atoms with Gasteiger partial charge in [-0.2, -0.15) is 0 Å². The minimum Gasteiger partial charge on any atom is -0.364 e. The Hall–Kier alpha value is -3.16. The van der Waals surface area contributed by atoms with Crippen molar-refractivity contribution in [1.82, 2.24) is 19.4 Å². The van der Waals surface area contributed by atoms with Crippen LogP contribution in [0, 0.1) is 5.92 Å². The lowest BCUT2D eigenvalue weighted by molar-refractivity contribution is -0.117. The van der Waals surface area contributed by atoms with Gasteiger partial charge in [0.2, 0.25) is 5.91 Å². The molecule has 6 rings (SSSR count). The number of hydrogen-bond acceptors (Lipinski definition) is 5. The third-order valence-electron chi connectivity index (χ3n) is 6.46. The van der Waals surface area contributed by atoms with Crippen LogP contribution in [0.1, 0.15) is 47.9 Å². The van der Waals surface area contributed by atoms with Crippen LogP contribution in [0.3, 0.4) is 0 Å². The Kier molecular flexibility index (Phi) is 5.38. The van der Waals surface area contributed by atoms with Crippen LogP contribution in [0.5, 0.6) is 0 Å². The van der Waals surface area contributed by atoms with E-state index in [4.69, 9.17) is 23.2 Å². The quantitative estimate of drug-likeness (QED) is 0.347. The van der Waals surface area contributed by atoms with Gasteiger partial charge in [0.25, 0.3) is 0 Å². The number of imidazole rings is 1. The van der Waals surface area contributed by atoms with Gasteiger partial charge in [0.1, 0.15) is 28.8 Å². The van der Waals surface area contributed by atoms with Gasteiger partial charge in [0.05, 0.1) is 12.2 Å². The summed E-state index contributed by atoms with van der Waals surface area (Å²) >= 11 is 12.7. The van der Waals surface area contributed by atoms with E-state index in [1.807, 2.05) is 34.7 Å². The van der Waals surface area contributed by atoms with E-state index >= 15 is 0 Å². The lowest BCUT2D eigenvalue weighted by Gasteiger charge is -2.07. The number of fused-ring (bicyclic) bond motifs is 1. The number of carbonyl (C=O) groups excluding carboxylic acids is 1. The molecule has 4 aromatic rings.